The molecule has 0 spiro atoms. The summed E-state index contributed by atoms with van der Waals surface area (Å²) < 4.78 is 0. The number of carbonyl (C=O) groups excluding carboxylic acids is 2. The minimum Gasteiger partial charge on any atom is -0.367 e. The van der Waals surface area contributed by atoms with Gasteiger partial charge in [-0.05, 0) is 61.9 Å². The number of fused-ring (bicyclic) bond motifs is 1. The summed E-state index contributed by atoms with van der Waals surface area (Å²) in [5, 5.41) is 10.8. The lowest BCUT2D eigenvalue weighted by molar-refractivity contribution is -0.126. The van der Waals surface area contributed by atoms with Gasteiger partial charge >= 0.3 is 0 Å². The zero-order valence-electron chi connectivity index (χ0n) is 17.5. The quantitative estimate of drug-likeness (QED) is 0.443. The van der Waals surface area contributed by atoms with Gasteiger partial charge < -0.3 is 20.9 Å². The molecule has 32 heavy (non-hydrogen) atoms. The Morgan fingerprint density at radius 2 is 2.06 bits per heavy atom. The highest BCUT2D eigenvalue weighted by atomic mass is 35.5. The highest BCUT2D eigenvalue weighted by molar-refractivity contribution is 6.29. The largest absolute Gasteiger partial charge is 0.367 e. The number of pyridine rings is 2. The summed E-state index contributed by atoms with van der Waals surface area (Å²) in [6.07, 6.45) is 8.40. The average Bonchev–Trinajstić information content (AvgIpc) is 3.40. The molecule has 0 aromatic carbocycles. The zero-order valence-corrected chi connectivity index (χ0v) is 18.3. The molecular formula is C23H25ClN6O2. The minimum absolute atomic E-state index is 0.0536. The molecule has 2 amide bonds. The number of anilines is 1. The van der Waals surface area contributed by atoms with Crippen molar-refractivity contribution in [2.24, 2.45) is 0 Å². The second-order valence-corrected chi connectivity index (χ2v) is 8.93. The maximum absolute atomic E-state index is 12.5. The number of nitrogens with one attached hydrogen (secondary N) is 4. The highest BCUT2D eigenvalue weighted by Crippen LogP contribution is 2.31. The van der Waals surface area contributed by atoms with Gasteiger partial charge in [0.25, 0.3) is 0 Å². The van der Waals surface area contributed by atoms with E-state index in [-0.39, 0.29) is 23.9 Å². The van der Waals surface area contributed by atoms with E-state index in [1.165, 1.54) is 0 Å². The SMILES string of the molecule is O=C1CC[C@@H](C(=O)NC2CCCC(Nc3cc(-c4c[nH]c5ncccc45)cc(Cl)n3)C2)N1. The van der Waals surface area contributed by atoms with E-state index in [9.17, 15) is 9.59 Å². The van der Waals surface area contributed by atoms with E-state index in [0.29, 0.717) is 23.8 Å². The maximum Gasteiger partial charge on any atom is 0.242 e. The van der Waals surface area contributed by atoms with E-state index in [2.05, 4.69) is 30.9 Å². The minimum atomic E-state index is -0.404. The fraction of sp³-hybridized carbons (Fsp3) is 0.391. The molecule has 2 unspecified atom stereocenters. The smallest absolute Gasteiger partial charge is 0.242 e. The van der Waals surface area contributed by atoms with Gasteiger partial charge in [-0.25, -0.2) is 9.97 Å². The Morgan fingerprint density at radius 3 is 2.91 bits per heavy atom. The van der Waals surface area contributed by atoms with Crippen molar-refractivity contribution >= 4 is 40.3 Å². The number of H-pyrrole nitrogens is 1. The number of amides is 2. The number of hydrogen-bond acceptors (Lipinski definition) is 5. The molecule has 1 aliphatic carbocycles. The van der Waals surface area contributed by atoms with Crippen LogP contribution in [0.25, 0.3) is 22.2 Å². The molecule has 1 saturated carbocycles. The van der Waals surface area contributed by atoms with Gasteiger partial charge in [0.1, 0.15) is 22.7 Å². The Balaban J connectivity index is 1.27. The van der Waals surface area contributed by atoms with E-state index in [4.69, 9.17) is 11.6 Å². The van der Waals surface area contributed by atoms with Crippen LogP contribution >= 0.6 is 11.6 Å². The van der Waals surface area contributed by atoms with Gasteiger partial charge in [-0.15, -0.1) is 0 Å². The first-order valence-corrected chi connectivity index (χ1v) is 11.4. The van der Waals surface area contributed by atoms with Crippen molar-refractivity contribution < 1.29 is 9.59 Å². The fourth-order valence-corrected chi connectivity index (χ4v) is 4.90. The molecule has 3 aromatic heterocycles. The lowest BCUT2D eigenvalue weighted by Gasteiger charge is -2.31. The van der Waals surface area contributed by atoms with E-state index in [1.807, 2.05) is 30.5 Å². The third kappa shape index (κ3) is 4.41. The van der Waals surface area contributed by atoms with Gasteiger partial charge in [0, 0.05) is 41.8 Å². The molecule has 8 nitrogen and oxygen atoms in total. The highest BCUT2D eigenvalue weighted by Gasteiger charge is 2.30. The molecule has 3 atom stereocenters. The van der Waals surface area contributed by atoms with Crippen LogP contribution in [0.4, 0.5) is 5.82 Å². The van der Waals surface area contributed by atoms with Crippen LogP contribution in [0.5, 0.6) is 0 Å². The summed E-state index contributed by atoms with van der Waals surface area (Å²) in [5.41, 5.74) is 2.81. The van der Waals surface area contributed by atoms with Gasteiger partial charge in [0.2, 0.25) is 11.8 Å². The number of carbonyl (C=O) groups is 2. The van der Waals surface area contributed by atoms with Crippen LogP contribution in [0.3, 0.4) is 0 Å². The van der Waals surface area contributed by atoms with Crippen LogP contribution in [-0.2, 0) is 9.59 Å². The molecular weight excluding hydrogens is 428 g/mol. The molecule has 3 aromatic rings. The van der Waals surface area contributed by atoms with Crippen LogP contribution in [-0.4, -0.2) is 44.9 Å². The Bertz CT molecular complexity index is 1160. The van der Waals surface area contributed by atoms with Crippen LogP contribution in [0.2, 0.25) is 5.15 Å². The Hall–Kier alpha value is -3.13. The van der Waals surface area contributed by atoms with E-state index in [0.717, 1.165) is 47.8 Å². The number of nitrogens with zero attached hydrogens (tertiary/aromatic N) is 2. The fourth-order valence-electron chi connectivity index (χ4n) is 4.69. The molecule has 0 bridgehead atoms. The predicted octanol–water partition coefficient (Wildman–Crippen LogP) is 3.40. The van der Waals surface area contributed by atoms with Crippen LogP contribution in [0, 0.1) is 0 Å². The van der Waals surface area contributed by atoms with Crippen molar-refractivity contribution in [3.63, 3.8) is 0 Å². The normalized spacial score (nSPS) is 23.2. The van der Waals surface area contributed by atoms with E-state index < -0.39 is 6.04 Å². The molecule has 166 valence electrons. The number of halogens is 1. The lowest BCUT2D eigenvalue weighted by Crippen LogP contribution is -2.48. The first kappa shape index (κ1) is 20.8. The third-order valence-corrected chi connectivity index (χ3v) is 6.43. The molecule has 2 fully saturated rings. The van der Waals surface area contributed by atoms with Gasteiger partial charge in [0.05, 0.1) is 0 Å². The van der Waals surface area contributed by atoms with Gasteiger partial charge in [-0.2, -0.15) is 0 Å². The van der Waals surface area contributed by atoms with Gasteiger partial charge in [0.15, 0.2) is 0 Å². The van der Waals surface area contributed by atoms with Gasteiger partial charge in [-0.1, -0.05) is 11.6 Å². The summed E-state index contributed by atoms with van der Waals surface area (Å²) >= 11 is 6.35. The lowest BCUT2D eigenvalue weighted by atomic mass is 9.90. The van der Waals surface area contributed by atoms with Crippen molar-refractivity contribution in [2.45, 2.75) is 56.7 Å². The summed E-state index contributed by atoms with van der Waals surface area (Å²) in [5.74, 6) is 0.575. The number of rotatable bonds is 5. The van der Waals surface area contributed by atoms with Crippen molar-refractivity contribution in [2.75, 3.05) is 5.32 Å². The summed E-state index contributed by atoms with van der Waals surface area (Å²) in [6, 6.07) is 7.63. The third-order valence-electron chi connectivity index (χ3n) is 6.24. The van der Waals surface area contributed by atoms with Crippen molar-refractivity contribution in [1.82, 2.24) is 25.6 Å². The van der Waals surface area contributed by atoms with Crippen LogP contribution < -0.4 is 16.0 Å². The van der Waals surface area contributed by atoms with Crippen molar-refractivity contribution in [3.05, 3.63) is 41.8 Å². The zero-order chi connectivity index (χ0) is 22.1. The molecule has 2 aliphatic rings. The Kier molecular flexibility index (Phi) is 5.70. The predicted molar refractivity (Wildman–Crippen MR) is 123 cm³/mol. The van der Waals surface area contributed by atoms with Crippen LogP contribution in [0.1, 0.15) is 38.5 Å². The first-order chi connectivity index (χ1) is 15.5. The number of aromatic amines is 1. The molecule has 5 rings (SSSR count). The topological polar surface area (TPSA) is 112 Å². The molecule has 4 heterocycles. The maximum atomic E-state index is 12.5. The van der Waals surface area contributed by atoms with Gasteiger partial charge in [-0.3, -0.25) is 9.59 Å². The van der Waals surface area contributed by atoms with Crippen molar-refractivity contribution in [3.8, 4) is 11.1 Å². The number of aromatic nitrogens is 3. The molecule has 1 saturated heterocycles. The second kappa shape index (κ2) is 8.78. The summed E-state index contributed by atoms with van der Waals surface area (Å²) in [7, 11) is 0. The molecule has 9 heteroatoms. The monoisotopic (exact) mass is 452 g/mol. The van der Waals surface area contributed by atoms with Crippen LogP contribution in [0.15, 0.2) is 36.7 Å². The first-order valence-electron chi connectivity index (χ1n) is 11.0. The Morgan fingerprint density at radius 1 is 1.19 bits per heavy atom. The average molecular weight is 453 g/mol. The Labute approximate surface area is 190 Å². The molecule has 1 aliphatic heterocycles. The number of hydrogen-bond donors (Lipinski definition) is 4. The van der Waals surface area contributed by atoms with Crippen molar-refractivity contribution in [1.29, 1.82) is 0 Å². The summed E-state index contributed by atoms with van der Waals surface area (Å²) in [6.45, 7) is 0. The summed E-state index contributed by atoms with van der Waals surface area (Å²) in [4.78, 5) is 35.9. The second-order valence-electron chi connectivity index (χ2n) is 8.54. The standard InChI is InChI=1S/C23H25ClN6O2/c24-19-9-13(17-12-26-22-16(17)5-2-8-25-22)10-20(30-19)27-14-3-1-4-15(11-14)28-23(32)18-6-7-21(31)29-18/h2,5,8-10,12,14-15,18H,1,3-4,6-7,11H2,(H,25,26)(H,27,30)(H,28,32)(H,29,31)/t14?,15?,18-/m0/s1. The van der Waals surface area contributed by atoms with E-state index >= 15 is 0 Å². The molecule has 4 N–H and O–H groups in total. The molecule has 0 radical (unpaired) electrons. The van der Waals surface area contributed by atoms with E-state index in [1.54, 1.807) is 6.20 Å².